The third-order valence-electron chi connectivity index (χ3n) is 3.81. The Bertz CT molecular complexity index is 294. The second-order valence-corrected chi connectivity index (χ2v) is 5.99. The summed E-state index contributed by atoms with van der Waals surface area (Å²) in [6, 6.07) is 0.118. The van der Waals surface area contributed by atoms with Gasteiger partial charge in [0.1, 0.15) is 0 Å². The molecule has 0 aliphatic carbocycles. The lowest BCUT2D eigenvalue weighted by Gasteiger charge is -2.31. The molecule has 4 heteroatoms. The topological polar surface area (TPSA) is 41.6 Å². The summed E-state index contributed by atoms with van der Waals surface area (Å²) < 4.78 is 5.20. The largest absolute Gasteiger partial charge is 0.383 e. The Balaban J connectivity index is 2.89. The number of nitrogens with one attached hydrogen (secondary N) is 1. The van der Waals surface area contributed by atoms with E-state index in [4.69, 9.17) is 4.74 Å². The number of hydrogen-bond acceptors (Lipinski definition) is 3. The fourth-order valence-electron chi connectivity index (χ4n) is 2.63. The third kappa shape index (κ3) is 3.04. The average molecular weight is 256 g/mol. The number of amides is 1. The van der Waals surface area contributed by atoms with E-state index in [2.05, 4.69) is 33.0 Å². The Labute approximate surface area is 111 Å². The smallest absolute Gasteiger partial charge is 0.244 e. The molecule has 0 aromatic heterocycles. The molecule has 1 saturated heterocycles. The second-order valence-electron chi connectivity index (χ2n) is 5.99. The highest BCUT2D eigenvalue weighted by atomic mass is 16.5. The van der Waals surface area contributed by atoms with Crippen molar-refractivity contribution < 1.29 is 9.53 Å². The monoisotopic (exact) mass is 256 g/mol. The summed E-state index contributed by atoms with van der Waals surface area (Å²) in [5, 5.41) is 3.51. The van der Waals surface area contributed by atoms with Gasteiger partial charge in [0.25, 0.3) is 0 Å². The van der Waals surface area contributed by atoms with E-state index in [9.17, 15) is 4.79 Å². The number of ether oxygens (including phenoxy) is 1. The van der Waals surface area contributed by atoms with Gasteiger partial charge in [0.2, 0.25) is 5.91 Å². The van der Waals surface area contributed by atoms with Crippen LogP contribution >= 0.6 is 0 Å². The molecule has 18 heavy (non-hydrogen) atoms. The zero-order valence-corrected chi connectivity index (χ0v) is 12.6. The van der Waals surface area contributed by atoms with Crippen molar-refractivity contribution in [2.24, 2.45) is 5.92 Å². The maximum Gasteiger partial charge on any atom is 0.244 e. The Morgan fingerprint density at radius 3 is 2.50 bits per heavy atom. The standard InChI is InChI=1S/C14H28N2O2/c1-7-14(5)13(17)16(11(4)9-18-6)12(15-14)8-10(2)3/h10-12,15H,7-9H2,1-6H3. The van der Waals surface area contributed by atoms with E-state index in [0.717, 1.165) is 12.8 Å². The van der Waals surface area contributed by atoms with Crippen LogP contribution in [0.2, 0.25) is 0 Å². The van der Waals surface area contributed by atoms with Gasteiger partial charge in [0, 0.05) is 7.11 Å². The van der Waals surface area contributed by atoms with Gasteiger partial charge in [0.15, 0.2) is 0 Å². The van der Waals surface area contributed by atoms with Crippen LogP contribution in [0.1, 0.15) is 47.5 Å². The van der Waals surface area contributed by atoms with Crippen molar-refractivity contribution in [3.05, 3.63) is 0 Å². The van der Waals surface area contributed by atoms with E-state index in [1.54, 1.807) is 7.11 Å². The van der Waals surface area contributed by atoms with Gasteiger partial charge in [-0.05, 0) is 32.6 Å². The summed E-state index contributed by atoms with van der Waals surface area (Å²) in [6.45, 7) is 11.1. The molecule has 0 saturated carbocycles. The maximum absolute atomic E-state index is 12.6. The second kappa shape index (κ2) is 6.02. The summed E-state index contributed by atoms with van der Waals surface area (Å²) >= 11 is 0. The fraction of sp³-hybridized carbons (Fsp3) is 0.929. The predicted molar refractivity (Wildman–Crippen MR) is 73.3 cm³/mol. The number of rotatable bonds is 6. The minimum atomic E-state index is -0.415. The zero-order valence-electron chi connectivity index (χ0n) is 12.6. The minimum Gasteiger partial charge on any atom is -0.383 e. The first-order valence-corrected chi connectivity index (χ1v) is 6.95. The molecule has 1 aliphatic rings. The molecule has 1 aliphatic heterocycles. The van der Waals surface area contributed by atoms with E-state index in [1.165, 1.54) is 0 Å². The van der Waals surface area contributed by atoms with Crippen LogP contribution in [0.15, 0.2) is 0 Å². The lowest BCUT2D eigenvalue weighted by Crippen LogP contribution is -2.46. The lowest BCUT2D eigenvalue weighted by atomic mass is 9.99. The Morgan fingerprint density at radius 2 is 2.06 bits per heavy atom. The molecule has 0 bridgehead atoms. The van der Waals surface area contributed by atoms with Crippen LogP contribution in [0.5, 0.6) is 0 Å². The van der Waals surface area contributed by atoms with E-state index in [1.807, 2.05) is 11.8 Å². The molecule has 4 nitrogen and oxygen atoms in total. The summed E-state index contributed by atoms with van der Waals surface area (Å²) in [6.07, 6.45) is 1.93. The van der Waals surface area contributed by atoms with E-state index in [-0.39, 0.29) is 18.1 Å². The highest BCUT2D eigenvalue weighted by Gasteiger charge is 2.48. The first-order chi connectivity index (χ1) is 8.35. The van der Waals surface area contributed by atoms with Gasteiger partial charge in [0.05, 0.1) is 24.4 Å². The van der Waals surface area contributed by atoms with Crippen LogP contribution in [0.3, 0.4) is 0 Å². The molecular weight excluding hydrogens is 228 g/mol. The fourth-order valence-corrected chi connectivity index (χ4v) is 2.63. The first-order valence-electron chi connectivity index (χ1n) is 6.95. The van der Waals surface area contributed by atoms with Crippen LogP contribution in [0, 0.1) is 5.92 Å². The minimum absolute atomic E-state index is 0.118. The van der Waals surface area contributed by atoms with Gasteiger partial charge in [-0.25, -0.2) is 0 Å². The van der Waals surface area contributed by atoms with Crippen molar-refractivity contribution in [3.8, 4) is 0 Å². The molecule has 0 aromatic carbocycles. The molecule has 106 valence electrons. The van der Waals surface area contributed by atoms with Crippen LogP contribution in [-0.4, -0.2) is 42.3 Å². The van der Waals surface area contributed by atoms with Gasteiger partial charge >= 0.3 is 0 Å². The lowest BCUT2D eigenvalue weighted by molar-refractivity contribution is -0.136. The highest BCUT2D eigenvalue weighted by molar-refractivity contribution is 5.88. The summed E-state index contributed by atoms with van der Waals surface area (Å²) in [5.41, 5.74) is -0.415. The van der Waals surface area contributed by atoms with Crippen molar-refractivity contribution in [2.75, 3.05) is 13.7 Å². The van der Waals surface area contributed by atoms with Gasteiger partial charge in [-0.1, -0.05) is 20.8 Å². The molecule has 0 aromatic rings. The molecule has 3 unspecified atom stereocenters. The Hall–Kier alpha value is -0.610. The van der Waals surface area contributed by atoms with Crippen molar-refractivity contribution in [1.29, 1.82) is 0 Å². The van der Waals surface area contributed by atoms with Gasteiger partial charge in [-0.3, -0.25) is 10.1 Å². The summed E-state index contributed by atoms with van der Waals surface area (Å²) in [5.74, 6) is 0.770. The molecule has 1 N–H and O–H groups in total. The average Bonchev–Trinajstić information content (AvgIpc) is 2.51. The van der Waals surface area contributed by atoms with E-state index in [0.29, 0.717) is 12.5 Å². The van der Waals surface area contributed by atoms with Crippen molar-refractivity contribution in [1.82, 2.24) is 10.2 Å². The molecule has 1 heterocycles. The Kier molecular flexibility index (Phi) is 5.17. The number of carbonyl (C=O) groups is 1. The number of hydrogen-bond donors (Lipinski definition) is 1. The van der Waals surface area contributed by atoms with Crippen LogP contribution in [-0.2, 0) is 9.53 Å². The maximum atomic E-state index is 12.6. The van der Waals surface area contributed by atoms with E-state index >= 15 is 0 Å². The van der Waals surface area contributed by atoms with E-state index < -0.39 is 5.54 Å². The third-order valence-corrected chi connectivity index (χ3v) is 3.81. The van der Waals surface area contributed by atoms with Crippen LogP contribution < -0.4 is 5.32 Å². The number of nitrogens with zero attached hydrogens (tertiary/aromatic N) is 1. The molecule has 1 amide bonds. The van der Waals surface area contributed by atoms with Crippen LogP contribution in [0.25, 0.3) is 0 Å². The van der Waals surface area contributed by atoms with Crippen molar-refractivity contribution in [2.45, 2.75) is 65.2 Å². The number of methoxy groups -OCH3 is 1. The Morgan fingerprint density at radius 1 is 1.44 bits per heavy atom. The molecule has 0 radical (unpaired) electrons. The summed E-state index contributed by atoms with van der Waals surface area (Å²) in [4.78, 5) is 14.6. The molecule has 0 spiro atoms. The van der Waals surface area contributed by atoms with Gasteiger partial charge in [-0.15, -0.1) is 0 Å². The summed E-state index contributed by atoms with van der Waals surface area (Å²) in [7, 11) is 1.68. The quantitative estimate of drug-likeness (QED) is 0.790. The van der Waals surface area contributed by atoms with Crippen molar-refractivity contribution >= 4 is 5.91 Å². The normalized spacial score (nSPS) is 30.3. The molecule has 3 atom stereocenters. The molecule has 1 fully saturated rings. The highest BCUT2D eigenvalue weighted by Crippen LogP contribution is 2.28. The zero-order chi connectivity index (χ0) is 13.9. The van der Waals surface area contributed by atoms with Crippen molar-refractivity contribution in [3.63, 3.8) is 0 Å². The SMILES string of the molecule is CCC1(C)NC(CC(C)C)N(C(C)COC)C1=O. The van der Waals surface area contributed by atoms with Crippen LogP contribution in [0.4, 0.5) is 0 Å². The van der Waals surface area contributed by atoms with Gasteiger partial charge in [-0.2, -0.15) is 0 Å². The van der Waals surface area contributed by atoms with Gasteiger partial charge < -0.3 is 9.64 Å². The number of carbonyl (C=O) groups excluding carboxylic acids is 1. The predicted octanol–water partition coefficient (Wildman–Crippen LogP) is 1.99. The molecular formula is C14H28N2O2. The first kappa shape index (κ1) is 15.4. The molecule has 1 rings (SSSR count).